The van der Waals surface area contributed by atoms with Gasteiger partial charge in [-0.25, -0.2) is 9.78 Å². The molecule has 10 heteroatoms. The average molecular weight is 476 g/mol. The van der Waals surface area contributed by atoms with Gasteiger partial charge >= 0.3 is 12.1 Å². The molecule has 5 nitrogen and oxygen atoms in total. The Morgan fingerprint density at radius 2 is 1.84 bits per heavy atom. The number of hydrogen-bond acceptors (Lipinski definition) is 5. The summed E-state index contributed by atoms with van der Waals surface area (Å²) in [5.41, 5.74) is 3.05. The third kappa shape index (κ3) is 6.29. The molecule has 0 spiro atoms. The fraction of sp³-hybridized carbons (Fsp3) is 0.136. The lowest BCUT2D eigenvalue weighted by Gasteiger charge is -2.07. The van der Waals surface area contributed by atoms with Gasteiger partial charge in [-0.15, -0.1) is 22.7 Å². The number of halogens is 3. The van der Waals surface area contributed by atoms with Crippen LogP contribution in [0.25, 0.3) is 9.75 Å². The van der Waals surface area contributed by atoms with Crippen LogP contribution in [-0.4, -0.2) is 26.8 Å². The first-order valence-corrected chi connectivity index (χ1v) is 10.9. The van der Waals surface area contributed by atoms with Gasteiger partial charge in [0.15, 0.2) is 0 Å². The summed E-state index contributed by atoms with van der Waals surface area (Å²) in [5.74, 6) is -2.76. The number of benzene rings is 1. The largest absolute Gasteiger partial charge is 0.490 e. The lowest BCUT2D eigenvalue weighted by molar-refractivity contribution is -0.192. The molecule has 3 aromatic heterocycles. The maximum Gasteiger partial charge on any atom is 0.490 e. The zero-order chi connectivity index (χ0) is 23.1. The lowest BCUT2D eigenvalue weighted by Crippen LogP contribution is -2.21. The summed E-state index contributed by atoms with van der Waals surface area (Å²) >= 11 is 3.61. The van der Waals surface area contributed by atoms with Gasteiger partial charge < -0.3 is 9.67 Å². The van der Waals surface area contributed by atoms with E-state index in [1.165, 1.54) is 25.9 Å². The number of alkyl halides is 3. The first kappa shape index (κ1) is 23.2. The van der Waals surface area contributed by atoms with Crippen LogP contribution in [0, 0.1) is 11.3 Å². The predicted octanol–water partition coefficient (Wildman–Crippen LogP) is 5.82. The van der Waals surface area contributed by atoms with Gasteiger partial charge in [0.1, 0.15) is 0 Å². The quantitative estimate of drug-likeness (QED) is 0.395. The van der Waals surface area contributed by atoms with E-state index in [4.69, 9.17) is 15.2 Å². The Labute approximate surface area is 189 Å². The smallest absolute Gasteiger partial charge is 0.475 e. The highest BCUT2D eigenvalue weighted by molar-refractivity contribution is 7.21. The van der Waals surface area contributed by atoms with E-state index in [9.17, 15) is 13.2 Å². The van der Waals surface area contributed by atoms with Crippen LogP contribution in [0.1, 0.15) is 21.7 Å². The van der Waals surface area contributed by atoms with Crippen molar-refractivity contribution in [3.63, 3.8) is 0 Å². The van der Waals surface area contributed by atoms with Crippen LogP contribution < -0.4 is 0 Å². The molecule has 0 aliphatic carbocycles. The van der Waals surface area contributed by atoms with Crippen LogP contribution in [0.15, 0.2) is 66.4 Å². The minimum Gasteiger partial charge on any atom is -0.475 e. The monoisotopic (exact) mass is 475 g/mol. The Morgan fingerprint density at radius 1 is 1.12 bits per heavy atom. The fourth-order valence-electron chi connectivity index (χ4n) is 2.73. The molecule has 0 amide bonds. The Hall–Kier alpha value is -3.42. The van der Waals surface area contributed by atoms with Crippen molar-refractivity contribution in [2.75, 3.05) is 0 Å². The van der Waals surface area contributed by atoms with Gasteiger partial charge in [0.05, 0.1) is 24.5 Å². The number of hydrogen-bond donors (Lipinski definition) is 1. The third-order valence-electron chi connectivity index (χ3n) is 4.26. The zero-order valence-electron chi connectivity index (χ0n) is 16.4. The molecule has 0 saturated heterocycles. The van der Waals surface area contributed by atoms with Gasteiger partial charge in [-0.2, -0.15) is 18.4 Å². The summed E-state index contributed by atoms with van der Waals surface area (Å²) < 4.78 is 33.9. The summed E-state index contributed by atoms with van der Waals surface area (Å²) in [5, 5.41) is 18.1. The van der Waals surface area contributed by atoms with E-state index in [-0.39, 0.29) is 0 Å². The van der Waals surface area contributed by atoms with Crippen molar-refractivity contribution in [1.29, 1.82) is 5.26 Å². The maximum atomic E-state index is 10.6. The number of aromatic nitrogens is 2. The van der Waals surface area contributed by atoms with Gasteiger partial charge in [-0.05, 0) is 41.3 Å². The van der Waals surface area contributed by atoms with Crippen molar-refractivity contribution < 1.29 is 23.1 Å². The van der Waals surface area contributed by atoms with Gasteiger partial charge in [0.2, 0.25) is 0 Å². The van der Waals surface area contributed by atoms with Gasteiger partial charge in [0.25, 0.3) is 0 Å². The maximum absolute atomic E-state index is 10.6. The van der Waals surface area contributed by atoms with Crippen LogP contribution in [0.3, 0.4) is 0 Å². The van der Waals surface area contributed by atoms with Crippen LogP contribution in [0.4, 0.5) is 13.2 Å². The Balaban J connectivity index is 0.000000360. The van der Waals surface area contributed by atoms with Crippen molar-refractivity contribution >= 4 is 28.6 Å². The summed E-state index contributed by atoms with van der Waals surface area (Å²) in [6, 6.07) is 18.5. The Morgan fingerprint density at radius 3 is 2.44 bits per heavy atom. The van der Waals surface area contributed by atoms with Gasteiger partial charge in [0, 0.05) is 32.9 Å². The first-order valence-electron chi connectivity index (χ1n) is 9.17. The minimum absolute atomic E-state index is 0.692. The molecule has 4 aromatic rings. The molecule has 1 N–H and O–H groups in total. The van der Waals surface area contributed by atoms with Crippen LogP contribution in [0.5, 0.6) is 0 Å². The second kappa shape index (κ2) is 10.3. The number of thiophene rings is 2. The molecule has 4 rings (SSSR count). The highest BCUT2D eigenvalue weighted by Gasteiger charge is 2.38. The molecule has 0 aliphatic heterocycles. The number of carbonyl (C=O) groups is 1. The van der Waals surface area contributed by atoms with Crippen LogP contribution >= 0.6 is 22.7 Å². The Bertz CT molecular complexity index is 1200. The zero-order valence-corrected chi connectivity index (χ0v) is 18.0. The second-order valence-corrected chi connectivity index (χ2v) is 8.66. The summed E-state index contributed by atoms with van der Waals surface area (Å²) in [4.78, 5) is 17.2. The number of nitrogens with zero attached hydrogens (tertiary/aromatic N) is 3. The average Bonchev–Trinajstić information content (AvgIpc) is 3.51. The molecule has 3 heterocycles. The molecule has 0 fully saturated rings. The predicted molar refractivity (Wildman–Crippen MR) is 117 cm³/mol. The SMILES string of the molecule is N#Cc1ccc(Cc2cncn2Cc2ccc(-c3cccs3)s2)cc1.O=C(O)C(F)(F)F. The van der Waals surface area contributed by atoms with Crippen molar-refractivity contribution in [2.24, 2.45) is 0 Å². The number of carboxylic acids is 1. The second-order valence-electron chi connectivity index (χ2n) is 6.54. The van der Waals surface area contributed by atoms with Crippen LogP contribution in [-0.2, 0) is 17.8 Å². The molecule has 0 atom stereocenters. The van der Waals surface area contributed by atoms with E-state index >= 15 is 0 Å². The highest BCUT2D eigenvalue weighted by atomic mass is 32.1. The highest BCUT2D eigenvalue weighted by Crippen LogP contribution is 2.32. The summed E-state index contributed by atoms with van der Waals surface area (Å²) in [6.07, 6.45) is -0.454. The topological polar surface area (TPSA) is 78.9 Å². The minimum atomic E-state index is -5.08. The molecule has 0 saturated carbocycles. The normalized spacial score (nSPS) is 10.8. The van der Waals surface area contributed by atoms with E-state index in [1.807, 2.05) is 48.1 Å². The van der Waals surface area contributed by atoms with E-state index in [1.54, 1.807) is 11.3 Å². The molecule has 0 radical (unpaired) electrons. The number of rotatable bonds is 5. The Kier molecular flexibility index (Phi) is 7.45. The summed E-state index contributed by atoms with van der Waals surface area (Å²) in [7, 11) is 0. The molecule has 0 bridgehead atoms. The van der Waals surface area contributed by atoms with E-state index in [0.29, 0.717) is 5.56 Å². The van der Waals surface area contributed by atoms with Crippen LogP contribution in [0.2, 0.25) is 0 Å². The molecule has 32 heavy (non-hydrogen) atoms. The van der Waals surface area contributed by atoms with E-state index < -0.39 is 12.1 Å². The number of nitriles is 1. The molecule has 0 aliphatic rings. The molecule has 0 unspecified atom stereocenters. The molecular weight excluding hydrogens is 459 g/mol. The van der Waals surface area contributed by atoms with Crippen molar-refractivity contribution in [2.45, 2.75) is 19.1 Å². The lowest BCUT2D eigenvalue weighted by atomic mass is 10.1. The van der Waals surface area contributed by atoms with E-state index in [0.717, 1.165) is 13.0 Å². The fourth-order valence-corrected chi connectivity index (χ4v) is 4.57. The standard InChI is InChI=1S/C20H15N3S2.C2HF3O2/c21-11-16-5-3-15(4-6-16)10-17-12-22-14-23(17)13-18-7-8-20(25-18)19-2-1-9-24-19;3-2(4,5)1(6)7/h1-9,12,14H,10,13H2;(H,6,7). The molecule has 1 aromatic carbocycles. The third-order valence-corrected chi connectivity index (χ3v) is 6.40. The van der Waals surface area contributed by atoms with E-state index in [2.05, 4.69) is 45.3 Å². The van der Waals surface area contributed by atoms with Crippen molar-refractivity contribution in [3.8, 4) is 15.8 Å². The van der Waals surface area contributed by atoms with Gasteiger partial charge in [-0.1, -0.05) is 18.2 Å². The number of carboxylic acid groups (broad SMARTS) is 1. The molecule has 164 valence electrons. The first-order chi connectivity index (χ1) is 15.3. The summed E-state index contributed by atoms with van der Waals surface area (Å²) in [6.45, 7) is 0.835. The van der Waals surface area contributed by atoms with Crippen molar-refractivity contribution in [3.05, 3.63) is 88.1 Å². The number of aliphatic carboxylic acids is 1. The number of imidazole rings is 1. The van der Waals surface area contributed by atoms with Gasteiger partial charge in [-0.3, -0.25) is 0 Å². The molecular formula is C22H16F3N3O2S2. The van der Waals surface area contributed by atoms with Crippen molar-refractivity contribution in [1.82, 2.24) is 9.55 Å².